The first kappa shape index (κ1) is 6.99. The van der Waals surface area contributed by atoms with Gasteiger partial charge in [-0.15, -0.1) is 0 Å². The molecular weight excluding hydrogens is 128 g/mol. The van der Waals surface area contributed by atoms with Crippen LogP contribution in [-0.2, 0) is 6.42 Å². The van der Waals surface area contributed by atoms with E-state index < -0.39 is 0 Å². The van der Waals surface area contributed by atoms with Gasteiger partial charge in [0.15, 0.2) is 6.29 Å². The maximum atomic E-state index is 10.3. The Morgan fingerprint density at radius 1 is 1.70 bits per heavy atom. The molecule has 0 amide bonds. The van der Waals surface area contributed by atoms with Crippen LogP contribution in [0.3, 0.4) is 0 Å². The van der Waals surface area contributed by atoms with E-state index in [0.717, 1.165) is 24.0 Å². The van der Waals surface area contributed by atoms with Crippen molar-refractivity contribution >= 4 is 6.29 Å². The average molecular weight is 138 g/mol. The second kappa shape index (κ2) is 2.64. The molecule has 0 aliphatic rings. The van der Waals surface area contributed by atoms with Gasteiger partial charge in [-0.05, 0) is 13.3 Å². The van der Waals surface area contributed by atoms with Crippen molar-refractivity contribution in [1.29, 1.82) is 0 Å². The summed E-state index contributed by atoms with van der Waals surface area (Å²) in [5.41, 5.74) is 2.56. The van der Waals surface area contributed by atoms with Crippen molar-refractivity contribution in [3.8, 4) is 0 Å². The number of aryl methyl sites for hydroxylation is 1. The first-order valence-corrected chi connectivity index (χ1v) is 3.28. The number of hydrogen-bond acceptors (Lipinski definition) is 2. The van der Waals surface area contributed by atoms with Crippen molar-refractivity contribution in [3.05, 3.63) is 17.0 Å². The number of carbonyl (C=O) groups is 1. The molecule has 1 N–H and O–H groups in total. The molecule has 10 heavy (non-hydrogen) atoms. The molecule has 1 heterocycles. The molecular formula is C7H10N2O. The van der Waals surface area contributed by atoms with Crippen LogP contribution in [0.25, 0.3) is 0 Å². The number of aromatic amines is 1. The number of nitrogens with zero attached hydrogens (tertiary/aromatic N) is 1. The Balaban J connectivity index is 3.12. The van der Waals surface area contributed by atoms with Crippen LogP contribution in [0.5, 0.6) is 0 Å². The number of aromatic nitrogens is 2. The van der Waals surface area contributed by atoms with E-state index in [-0.39, 0.29) is 0 Å². The molecule has 0 bridgehead atoms. The van der Waals surface area contributed by atoms with Crippen molar-refractivity contribution in [2.24, 2.45) is 0 Å². The van der Waals surface area contributed by atoms with E-state index in [0.29, 0.717) is 5.69 Å². The van der Waals surface area contributed by atoms with E-state index in [9.17, 15) is 4.79 Å². The van der Waals surface area contributed by atoms with Crippen LogP contribution in [0, 0.1) is 6.92 Å². The highest BCUT2D eigenvalue weighted by Gasteiger charge is 2.05. The van der Waals surface area contributed by atoms with E-state index in [4.69, 9.17) is 0 Å². The Hall–Kier alpha value is -1.12. The molecule has 0 aliphatic heterocycles. The van der Waals surface area contributed by atoms with Crippen LogP contribution in [-0.4, -0.2) is 16.5 Å². The van der Waals surface area contributed by atoms with Gasteiger partial charge < -0.3 is 0 Å². The fourth-order valence-corrected chi connectivity index (χ4v) is 1.01. The van der Waals surface area contributed by atoms with Gasteiger partial charge in [-0.25, -0.2) is 0 Å². The van der Waals surface area contributed by atoms with Gasteiger partial charge in [0.2, 0.25) is 0 Å². The summed E-state index contributed by atoms with van der Waals surface area (Å²) in [4.78, 5) is 10.3. The van der Waals surface area contributed by atoms with Crippen LogP contribution >= 0.6 is 0 Å². The zero-order valence-corrected chi connectivity index (χ0v) is 6.14. The Morgan fingerprint density at radius 3 is 2.80 bits per heavy atom. The van der Waals surface area contributed by atoms with Gasteiger partial charge in [0, 0.05) is 11.3 Å². The summed E-state index contributed by atoms with van der Waals surface area (Å²) < 4.78 is 0. The van der Waals surface area contributed by atoms with Gasteiger partial charge in [-0.2, -0.15) is 5.10 Å². The summed E-state index contributed by atoms with van der Waals surface area (Å²) in [6, 6.07) is 0. The van der Waals surface area contributed by atoms with Gasteiger partial charge in [0.1, 0.15) is 5.69 Å². The monoisotopic (exact) mass is 138 g/mol. The SMILES string of the molecule is CCc1c(C=O)n[nH]c1C. The summed E-state index contributed by atoms with van der Waals surface area (Å²) in [6.45, 7) is 3.92. The number of carbonyl (C=O) groups excluding carboxylic acids is 1. The Labute approximate surface area is 59.4 Å². The molecule has 0 unspecified atom stereocenters. The second-order valence-electron chi connectivity index (χ2n) is 2.18. The molecule has 0 aromatic carbocycles. The quantitative estimate of drug-likeness (QED) is 0.622. The average Bonchev–Trinajstić information content (AvgIpc) is 2.30. The molecule has 0 aliphatic carbocycles. The number of aldehydes is 1. The van der Waals surface area contributed by atoms with Crippen molar-refractivity contribution in [2.45, 2.75) is 20.3 Å². The van der Waals surface area contributed by atoms with Crippen molar-refractivity contribution < 1.29 is 4.79 Å². The van der Waals surface area contributed by atoms with E-state index in [1.54, 1.807) is 0 Å². The lowest BCUT2D eigenvalue weighted by Gasteiger charge is -1.90. The van der Waals surface area contributed by atoms with Crippen LogP contribution in [0.2, 0.25) is 0 Å². The lowest BCUT2D eigenvalue weighted by Crippen LogP contribution is -1.87. The molecule has 0 atom stereocenters. The number of H-pyrrole nitrogens is 1. The van der Waals surface area contributed by atoms with Crippen molar-refractivity contribution in [2.75, 3.05) is 0 Å². The first-order valence-electron chi connectivity index (χ1n) is 3.28. The van der Waals surface area contributed by atoms with Crippen LogP contribution in [0.1, 0.15) is 28.7 Å². The van der Waals surface area contributed by atoms with E-state index in [2.05, 4.69) is 10.2 Å². The number of nitrogens with one attached hydrogen (secondary N) is 1. The molecule has 0 radical (unpaired) electrons. The molecule has 54 valence electrons. The smallest absolute Gasteiger partial charge is 0.170 e. The minimum Gasteiger partial charge on any atom is -0.296 e. The summed E-state index contributed by atoms with van der Waals surface area (Å²) in [5.74, 6) is 0. The van der Waals surface area contributed by atoms with Gasteiger partial charge in [0.05, 0.1) is 0 Å². The molecule has 3 nitrogen and oxygen atoms in total. The van der Waals surface area contributed by atoms with Crippen molar-refractivity contribution in [3.63, 3.8) is 0 Å². The summed E-state index contributed by atoms with van der Waals surface area (Å²) in [5, 5.41) is 6.57. The van der Waals surface area contributed by atoms with Gasteiger partial charge in [-0.1, -0.05) is 6.92 Å². The van der Waals surface area contributed by atoms with Crippen LogP contribution in [0.15, 0.2) is 0 Å². The van der Waals surface area contributed by atoms with Crippen molar-refractivity contribution in [1.82, 2.24) is 10.2 Å². The molecule has 0 saturated heterocycles. The molecule has 0 saturated carbocycles. The Bertz CT molecular complexity index is 240. The molecule has 3 heteroatoms. The number of hydrogen-bond donors (Lipinski definition) is 1. The lowest BCUT2D eigenvalue weighted by molar-refractivity contribution is 0.111. The maximum absolute atomic E-state index is 10.3. The third-order valence-corrected chi connectivity index (χ3v) is 1.57. The fraction of sp³-hybridized carbons (Fsp3) is 0.429. The highest BCUT2D eigenvalue weighted by molar-refractivity contribution is 5.74. The molecule has 1 aromatic rings. The van der Waals surface area contributed by atoms with E-state index in [1.165, 1.54) is 0 Å². The maximum Gasteiger partial charge on any atom is 0.170 e. The minimum atomic E-state index is 0.542. The van der Waals surface area contributed by atoms with Gasteiger partial charge >= 0.3 is 0 Å². The zero-order chi connectivity index (χ0) is 7.56. The normalized spacial score (nSPS) is 9.80. The van der Waals surface area contributed by atoms with Crippen LogP contribution in [0.4, 0.5) is 0 Å². The first-order chi connectivity index (χ1) is 4.79. The Kier molecular flexibility index (Phi) is 1.85. The van der Waals surface area contributed by atoms with Crippen LogP contribution < -0.4 is 0 Å². The molecule has 0 fully saturated rings. The summed E-state index contributed by atoms with van der Waals surface area (Å²) >= 11 is 0. The highest BCUT2D eigenvalue weighted by Crippen LogP contribution is 2.07. The minimum absolute atomic E-state index is 0.542. The summed E-state index contributed by atoms with van der Waals surface area (Å²) in [7, 11) is 0. The molecule has 0 spiro atoms. The largest absolute Gasteiger partial charge is 0.296 e. The zero-order valence-electron chi connectivity index (χ0n) is 6.14. The number of rotatable bonds is 2. The third-order valence-electron chi connectivity index (χ3n) is 1.57. The predicted octanol–water partition coefficient (Wildman–Crippen LogP) is 1.09. The summed E-state index contributed by atoms with van der Waals surface area (Å²) in [6.07, 6.45) is 1.64. The second-order valence-corrected chi connectivity index (χ2v) is 2.18. The predicted molar refractivity (Wildman–Crippen MR) is 38.1 cm³/mol. The lowest BCUT2D eigenvalue weighted by atomic mass is 10.1. The fourth-order valence-electron chi connectivity index (χ4n) is 1.01. The third kappa shape index (κ3) is 0.943. The van der Waals surface area contributed by atoms with Gasteiger partial charge in [0.25, 0.3) is 0 Å². The van der Waals surface area contributed by atoms with E-state index >= 15 is 0 Å². The standard InChI is InChI=1S/C7H10N2O/c1-3-6-5(2)8-9-7(6)4-10/h4H,3H2,1-2H3,(H,8,9). The molecule has 1 rings (SSSR count). The molecule has 1 aromatic heterocycles. The topological polar surface area (TPSA) is 45.8 Å². The highest BCUT2D eigenvalue weighted by atomic mass is 16.1. The Morgan fingerprint density at radius 2 is 2.40 bits per heavy atom. The van der Waals surface area contributed by atoms with E-state index in [1.807, 2.05) is 13.8 Å². The van der Waals surface area contributed by atoms with Gasteiger partial charge in [-0.3, -0.25) is 9.89 Å².